The summed E-state index contributed by atoms with van der Waals surface area (Å²) in [5, 5.41) is 8.13. The van der Waals surface area contributed by atoms with Crippen LogP contribution in [0.2, 0.25) is 0 Å². The van der Waals surface area contributed by atoms with Gasteiger partial charge >= 0.3 is 5.97 Å². The number of rotatable bonds is 5. The maximum atomic E-state index is 11.4. The molecule has 0 spiro atoms. The van der Waals surface area contributed by atoms with Crippen LogP contribution in [0.3, 0.4) is 0 Å². The van der Waals surface area contributed by atoms with Crippen LogP contribution in [0.4, 0.5) is 0 Å². The van der Waals surface area contributed by atoms with Crippen molar-refractivity contribution in [2.24, 2.45) is 0 Å². The summed E-state index contributed by atoms with van der Waals surface area (Å²) >= 11 is 1.50. The minimum Gasteiger partial charge on any atom is -0.468 e. The molecule has 1 aromatic heterocycles. The van der Waals surface area contributed by atoms with E-state index in [0.29, 0.717) is 0 Å². The van der Waals surface area contributed by atoms with Crippen molar-refractivity contribution < 1.29 is 9.53 Å². The second-order valence-electron chi connectivity index (χ2n) is 4.37. The summed E-state index contributed by atoms with van der Waals surface area (Å²) < 4.78 is 6.45. The molecule has 0 aliphatic carbocycles. The second kappa shape index (κ2) is 6.56. The van der Waals surface area contributed by atoms with Crippen LogP contribution in [-0.4, -0.2) is 33.3 Å². The van der Waals surface area contributed by atoms with Crippen molar-refractivity contribution in [3.05, 3.63) is 42.2 Å². The van der Waals surface area contributed by atoms with Gasteiger partial charge in [0.1, 0.15) is 5.25 Å². The van der Waals surface area contributed by atoms with E-state index in [1.165, 1.54) is 18.9 Å². The molecule has 0 aliphatic heterocycles. The third-order valence-corrected chi connectivity index (χ3v) is 4.14. The Bertz CT molecular complexity index is 571. The summed E-state index contributed by atoms with van der Waals surface area (Å²) in [4.78, 5) is 11.4. The van der Waals surface area contributed by atoms with Crippen LogP contribution in [0.25, 0.3) is 5.69 Å². The first kappa shape index (κ1) is 14.6. The highest BCUT2D eigenvalue weighted by molar-refractivity contribution is 8.00. The summed E-state index contributed by atoms with van der Waals surface area (Å²) in [5.74, 6) is -0.225. The Labute approximate surface area is 122 Å². The average Bonchev–Trinajstić information content (AvgIpc) is 2.97. The zero-order valence-electron chi connectivity index (χ0n) is 11.7. The molecular weight excluding hydrogens is 274 g/mol. The van der Waals surface area contributed by atoms with E-state index in [1.807, 2.05) is 50.4 Å². The van der Waals surface area contributed by atoms with Gasteiger partial charge in [0.15, 0.2) is 0 Å². The summed E-state index contributed by atoms with van der Waals surface area (Å²) in [6.45, 7) is 3.83. The highest BCUT2D eigenvalue weighted by Crippen LogP contribution is 2.30. The van der Waals surface area contributed by atoms with Crippen LogP contribution in [0.5, 0.6) is 0 Å². The fourth-order valence-electron chi connectivity index (χ4n) is 1.77. The number of carbonyl (C=O) groups excluding carboxylic acids is 1. The van der Waals surface area contributed by atoms with Crippen LogP contribution in [0.15, 0.2) is 36.5 Å². The fraction of sp³-hybridized carbons (Fsp3) is 0.357. The maximum absolute atomic E-state index is 11.4. The van der Waals surface area contributed by atoms with Crippen LogP contribution in [0.1, 0.15) is 24.8 Å². The number of nitrogens with zero attached hydrogens (tertiary/aromatic N) is 3. The van der Waals surface area contributed by atoms with Crippen LogP contribution < -0.4 is 0 Å². The molecule has 0 radical (unpaired) electrons. The smallest absolute Gasteiger partial charge is 0.318 e. The van der Waals surface area contributed by atoms with Crippen molar-refractivity contribution >= 4 is 17.7 Å². The number of esters is 1. The Balaban J connectivity index is 2.07. The third kappa shape index (κ3) is 3.39. The summed E-state index contributed by atoms with van der Waals surface area (Å²) in [6, 6.07) is 9.79. The minimum absolute atomic E-state index is 0.0709. The van der Waals surface area contributed by atoms with Gasteiger partial charge in [0.25, 0.3) is 0 Å². The van der Waals surface area contributed by atoms with E-state index in [2.05, 4.69) is 10.3 Å². The van der Waals surface area contributed by atoms with Gasteiger partial charge < -0.3 is 4.74 Å². The van der Waals surface area contributed by atoms with Gasteiger partial charge in [-0.05, 0) is 26.0 Å². The molecule has 0 fully saturated rings. The number of hydrogen-bond acceptors (Lipinski definition) is 5. The Morgan fingerprint density at radius 3 is 2.65 bits per heavy atom. The molecule has 0 bridgehead atoms. The fourth-order valence-corrected chi connectivity index (χ4v) is 2.83. The van der Waals surface area contributed by atoms with Crippen molar-refractivity contribution in [2.75, 3.05) is 7.11 Å². The zero-order valence-corrected chi connectivity index (χ0v) is 12.5. The van der Waals surface area contributed by atoms with Crippen molar-refractivity contribution in [1.29, 1.82) is 0 Å². The van der Waals surface area contributed by atoms with E-state index in [4.69, 9.17) is 4.74 Å². The first-order valence-corrected chi connectivity index (χ1v) is 7.27. The normalized spacial score (nSPS) is 13.8. The molecule has 20 heavy (non-hydrogen) atoms. The molecule has 0 saturated carbocycles. The molecule has 0 N–H and O–H groups in total. The van der Waals surface area contributed by atoms with E-state index in [-0.39, 0.29) is 16.5 Å². The number of thioether (sulfide) groups is 1. The van der Waals surface area contributed by atoms with Crippen molar-refractivity contribution in [2.45, 2.75) is 24.3 Å². The molecule has 0 aliphatic rings. The SMILES string of the molecule is COC(=O)[C@@H](C)S[C@@H](C)c1cn(-c2ccccc2)nn1. The molecule has 2 rings (SSSR count). The van der Waals surface area contributed by atoms with Crippen LogP contribution in [-0.2, 0) is 9.53 Å². The highest BCUT2D eigenvalue weighted by atomic mass is 32.2. The summed E-state index contributed by atoms with van der Waals surface area (Å²) in [6.07, 6.45) is 1.89. The van der Waals surface area contributed by atoms with E-state index in [0.717, 1.165) is 11.4 Å². The number of methoxy groups -OCH3 is 1. The lowest BCUT2D eigenvalue weighted by atomic mass is 10.3. The standard InChI is InChI=1S/C14H17N3O2S/c1-10(20-11(2)14(18)19-3)13-9-17(16-15-13)12-7-5-4-6-8-12/h4-11H,1-3H3/t10-,11+/m0/s1. The molecule has 0 amide bonds. The number of ether oxygens (including phenoxy) is 1. The van der Waals surface area contributed by atoms with E-state index >= 15 is 0 Å². The highest BCUT2D eigenvalue weighted by Gasteiger charge is 2.20. The van der Waals surface area contributed by atoms with Gasteiger partial charge in [-0.2, -0.15) is 0 Å². The van der Waals surface area contributed by atoms with Gasteiger partial charge in [0, 0.05) is 5.25 Å². The van der Waals surface area contributed by atoms with Gasteiger partial charge in [0.2, 0.25) is 0 Å². The van der Waals surface area contributed by atoms with Crippen molar-refractivity contribution in [1.82, 2.24) is 15.0 Å². The number of hydrogen-bond donors (Lipinski definition) is 0. The lowest BCUT2D eigenvalue weighted by Gasteiger charge is -2.12. The van der Waals surface area contributed by atoms with Crippen LogP contribution >= 0.6 is 11.8 Å². The van der Waals surface area contributed by atoms with E-state index in [9.17, 15) is 4.79 Å². The largest absolute Gasteiger partial charge is 0.468 e. The van der Waals surface area contributed by atoms with Gasteiger partial charge in [-0.15, -0.1) is 16.9 Å². The quantitative estimate of drug-likeness (QED) is 0.793. The predicted molar refractivity (Wildman–Crippen MR) is 78.8 cm³/mol. The molecular formula is C14H17N3O2S. The van der Waals surface area contributed by atoms with E-state index in [1.54, 1.807) is 4.68 Å². The first-order chi connectivity index (χ1) is 9.61. The molecule has 6 heteroatoms. The molecule has 2 atom stereocenters. The van der Waals surface area contributed by atoms with Gasteiger partial charge in [0.05, 0.1) is 24.7 Å². The number of carbonyl (C=O) groups is 1. The monoisotopic (exact) mass is 291 g/mol. The Morgan fingerprint density at radius 1 is 1.30 bits per heavy atom. The zero-order chi connectivity index (χ0) is 14.5. The number of para-hydroxylation sites is 1. The molecule has 1 heterocycles. The van der Waals surface area contributed by atoms with Crippen molar-refractivity contribution in [3.8, 4) is 5.69 Å². The van der Waals surface area contributed by atoms with Gasteiger partial charge in [-0.3, -0.25) is 4.79 Å². The average molecular weight is 291 g/mol. The third-order valence-electron chi connectivity index (χ3n) is 2.89. The predicted octanol–water partition coefficient (Wildman–Crippen LogP) is 2.62. The molecule has 106 valence electrons. The van der Waals surface area contributed by atoms with Crippen molar-refractivity contribution in [3.63, 3.8) is 0 Å². The number of benzene rings is 1. The summed E-state index contributed by atoms with van der Waals surface area (Å²) in [5.41, 5.74) is 1.80. The van der Waals surface area contributed by atoms with Crippen LogP contribution in [0, 0.1) is 0 Å². The summed E-state index contributed by atoms with van der Waals surface area (Å²) in [7, 11) is 1.40. The van der Waals surface area contributed by atoms with E-state index < -0.39 is 0 Å². The van der Waals surface area contributed by atoms with Gasteiger partial charge in [-0.25, -0.2) is 4.68 Å². The molecule has 0 saturated heterocycles. The minimum atomic E-state index is -0.225. The lowest BCUT2D eigenvalue weighted by Crippen LogP contribution is -2.15. The van der Waals surface area contributed by atoms with Gasteiger partial charge in [-0.1, -0.05) is 23.4 Å². The number of aromatic nitrogens is 3. The Hall–Kier alpha value is -1.82. The topological polar surface area (TPSA) is 57.0 Å². The molecule has 0 unspecified atom stereocenters. The lowest BCUT2D eigenvalue weighted by molar-refractivity contribution is -0.139. The molecule has 2 aromatic rings. The molecule has 1 aromatic carbocycles. The first-order valence-electron chi connectivity index (χ1n) is 6.32. The second-order valence-corrected chi connectivity index (χ2v) is 6.05. The molecule has 5 nitrogen and oxygen atoms in total. The Kier molecular flexibility index (Phi) is 4.79. The maximum Gasteiger partial charge on any atom is 0.318 e. The Morgan fingerprint density at radius 2 is 2.00 bits per heavy atom.